The summed E-state index contributed by atoms with van der Waals surface area (Å²) in [5.74, 6) is 0.849. The second-order valence-corrected chi connectivity index (χ2v) is 6.13. The van der Waals surface area contributed by atoms with Crippen LogP contribution in [0.4, 0.5) is 0 Å². The van der Waals surface area contributed by atoms with E-state index in [9.17, 15) is 4.79 Å². The van der Waals surface area contributed by atoms with Crippen LogP contribution in [-0.2, 0) is 13.2 Å². The summed E-state index contributed by atoms with van der Waals surface area (Å²) in [7, 11) is 0. The maximum Gasteiger partial charge on any atom is 0.287 e. The molecule has 5 nitrogen and oxygen atoms in total. The minimum atomic E-state index is -0.233. The van der Waals surface area contributed by atoms with E-state index in [0.29, 0.717) is 24.5 Å². The van der Waals surface area contributed by atoms with Gasteiger partial charge < -0.3 is 14.5 Å². The zero-order valence-electron chi connectivity index (χ0n) is 14.6. The minimum Gasteiger partial charge on any atom is -0.489 e. The van der Waals surface area contributed by atoms with E-state index in [4.69, 9.17) is 9.15 Å². The van der Waals surface area contributed by atoms with E-state index in [1.807, 2.05) is 60.7 Å². The van der Waals surface area contributed by atoms with Gasteiger partial charge >= 0.3 is 0 Å². The van der Waals surface area contributed by atoms with E-state index in [-0.39, 0.29) is 5.91 Å². The molecule has 0 atom stereocenters. The Balaban J connectivity index is 1.32. The number of ether oxygens (including phenoxy) is 1. The maximum atomic E-state index is 12.3. The molecule has 1 amide bonds. The highest BCUT2D eigenvalue weighted by Crippen LogP contribution is 2.19. The quantitative estimate of drug-likeness (QED) is 0.557. The van der Waals surface area contributed by atoms with Gasteiger partial charge in [-0.05, 0) is 35.9 Å². The molecule has 0 saturated heterocycles. The number of carbonyl (C=O) groups excluding carboxylic acids is 1. The molecule has 0 aliphatic rings. The maximum absolute atomic E-state index is 12.3. The van der Waals surface area contributed by atoms with Crippen LogP contribution in [0, 0.1) is 0 Å². The summed E-state index contributed by atoms with van der Waals surface area (Å²) in [4.78, 5) is 16.3. The first-order valence-corrected chi connectivity index (χ1v) is 8.65. The molecule has 0 aliphatic carbocycles. The van der Waals surface area contributed by atoms with Crippen LogP contribution in [0.1, 0.15) is 21.7 Å². The van der Waals surface area contributed by atoms with Crippen LogP contribution >= 0.6 is 0 Å². The van der Waals surface area contributed by atoms with Crippen LogP contribution in [0.15, 0.2) is 83.5 Å². The number of carbonyl (C=O) groups is 1. The second kappa shape index (κ2) is 7.74. The molecule has 2 aromatic heterocycles. The Morgan fingerprint density at radius 2 is 1.85 bits per heavy atom. The molecule has 5 heteroatoms. The molecule has 0 bridgehead atoms. The highest BCUT2D eigenvalue weighted by Gasteiger charge is 2.11. The van der Waals surface area contributed by atoms with E-state index >= 15 is 0 Å². The molecule has 27 heavy (non-hydrogen) atoms. The standard InChI is InChI=1S/C22H18N2O3/c25-22(21-12-18-5-1-2-6-20(18)27-21)24-14-16-7-9-19(10-8-16)26-15-17-4-3-11-23-13-17/h1-13H,14-15H2,(H,24,25). The van der Waals surface area contributed by atoms with Gasteiger partial charge in [0.2, 0.25) is 0 Å². The lowest BCUT2D eigenvalue weighted by Gasteiger charge is -2.08. The second-order valence-electron chi connectivity index (χ2n) is 6.13. The summed E-state index contributed by atoms with van der Waals surface area (Å²) >= 11 is 0. The highest BCUT2D eigenvalue weighted by molar-refractivity contribution is 5.96. The molecule has 1 N–H and O–H groups in total. The first-order valence-electron chi connectivity index (χ1n) is 8.65. The van der Waals surface area contributed by atoms with E-state index in [2.05, 4.69) is 10.3 Å². The minimum absolute atomic E-state index is 0.233. The van der Waals surface area contributed by atoms with Crippen molar-refractivity contribution in [1.82, 2.24) is 10.3 Å². The van der Waals surface area contributed by atoms with Crippen molar-refractivity contribution < 1.29 is 13.9 Å². The summed E-state index contributed by atoms with van der Waals surface area (Å²) < 4.78 is 11.3. The number of rotatable bonds is 6. The molecule has 2 heterocycles. The molecular weight excluding hydrogens is 340 g/mol. The molecule has 2 aromatic carbocycles. The highest BCUT2D eigenvalue weighted by atomic mass is 16.5. The number of pyridine rings is 1. The number of aromatic nitrogens is 1. The average molecular weight is 358 g/mol. The van der Waals surface area contributed by atoms with Gasteiger partial charge in [0.15, 0.2) is 5.76 Å². The lowest BCUT2D eigenvalue weighted by molar-refractivity contribution is 0.0925. The number of amides is 1. The summed E-state index contributed by atoms with van der Waals surface area (Å²) in [6, 6.07) is 20.8. The predicted molar refractivity (Wildman–Crippen MR) is 102 cm³/mol. The van der Waals surface area contributed by atoms with Crippen LogP contribution in [0.5, 0.6) is 5.75 Å². The Bertz CT molecular complexity index is 1010. The largest absolute Gasteiger partial charge is 0.489 e. The van der Waals surface area contributed by atoms with Gasteiger partial charge in [-0.15, -0.1) is 0 Å². The molecule has 0 aliphatic heterocycles. The fourth-order valence-corrected chi connectivity index (χ4v) is 2.72. The monoisotopic (exact) mass is 358 g/mol. The smallest absolute Gasteiger partial charge is 0.287 e. The van der Waals surface area contributed by atoms with Crippen LogP contribution in [0.2, 0.25) is 0 Å². The zero-order valence-corrected chi connectivity index (χ0v) is 14.6. The van der Waals surface area contributed by atoms with Gasteiger partial charge in [0, 0.05) is 29.9 Å². The first kappa shape index (κ1) is 16.8. The molecule has 0 radical (unpaired) electrons. The van der Waals surface area contributed by atoms with Crippen molar-refractivity contribution in [2.24, 2.45) is 0 Å². The molecule has 4 aromatic rings. The van der Waals surface area contributed by atoms with Crippen LogP contribution < -0.4 is 10.1 Å². The summed E-state index contributed by atoms with van der Waals surface area (Å²) in [5.41, 5.74) is 2.70. The lowest BCUT2D eigenvalue weighted by Crippen LogP contribution is -2.22. The van der Waals surface area contributed by atoms with Gasteiger partial charge in [0.1, 0.15) is 17.9 Å². The van der Waals surface area contributed by atoms with Crippen molar-refractivity contribution in [1.29, 1.82) is 0 Å². The van der Waals surface area contributed by atoms with E-state index in [1.165, 1.54) is 0 Å². The fourth-order valence-electron chi connectivity index (χ4n) is 2.72. The van der Waals surface area contributed by atoms with Gasteiger partial charge in [-0.25, -0.2) is 0 Å². The Morgan fingerprint density at radius 1 is 1.00 bits per heavy atom. The topological polar surface area (TPSA) is 64.4 Å². The zero-order chi connectivity index (χ0) is 18.5. The molecule has 134 valence electrons. The van der Waals surface area contributed by atoms with Crippen molar-refractivity contribution in [3.05, 3.63) is 96.0 Å². The van der Waals surface area contributed by atoms with Crippen molar-refractivity contribution in [2.75, 3.05) is 0 Å². The summed E-state index contributed by atoms with van der Waals surface area (Å²) in [6.07, 6.45) is 3.51. The molecule has 4 rings (SSSR count). The third-order valence-electron chi connectivity index (χ3n) is 4.15. The van der Waals surface area contributed by atoms with Crippen molar-refractivity contribution in [3.63, 3.8) is 0 Å². The fraction of sp³-hybridized carbons (Fsp3) is 0.0909. The SMILES string of the molecule is O=C(NCc1ccc(OCc2cccnc2)cc1)c1cc2ccccc2o1. The third kappa shape index (κ3) is 4.15. The summed E-state index contributed by atoms with van der Waals surface area (Å²) in [5, 5.41) is 3.79. The number of nitrogens with zero attached hydrogens (tertiary/aromatic N) is 1. The van der Waals surface area contributed by atoms with Crippen molar-refractivity contribution in [3.8, 4) is 5.75 Å². The Labute approximate surface area is 156 Å². The Hall–Kier alpha value is -3.60. The van der Waals surface area contributed by atoms with Gasteiger partial charge in [-0.2, -0.15) is 0 Å². The van der Waals surface area contributed by atoms with E-state index in [0.717, 1.165) is 22.3 Å². The molecule has 0 saturated carbocycles. The predicted octanol–water partition coefficient (Wildman–Crippen LogP) is 4.34. The Morgan fingerprint density at radius 3 is 2.63 bits per heavy atom. The number of hydrogen-bond acceptors (Lipinski definition) is 4. The number of hydrogen-bond donors (Lipinski definition) is 1. The average Bonchev–Trinajstić information content (AvgIpc) is 3.16. The molecular formula is C22H18N2O3. The van der Waals surface area contributed by atoms with Gasteiger partial charge in [0.25, 0.3) is 5.91 Å². The van der Waals surface area contributed by atoms with Gasteiger partial charge in [-0.1, -0.05) is 36.4 Å². The number of nitrogens with one attached hydrogen (secondary N) is 1. The van der Waals surface area contributed by atoms with Gasteiger partial charge in [0.05, 0.1) is 0 Å². The number of fused-ring (bicyclic) bond motifs is 1. The van der Waals surface area contributed by atoms with Crippen molar-refractivity contribution >= 4 is 16.9 Å². The van der Waals surface area contributed by atoms with Gasteiger partial charge in [-0.3, -0.25) is 9.78 Å². The molecule has 0 fully saturated rings. The Kier molecular flexibility index (Phi) is 4.83. The van der Waals surface area contributed by atoms with Crippen LogP contribution in [0.25, 0.3) is 11.0 Å². The van der Waals surface area contributed by atoms with E-state index in [1.54, 1.807) is 18.5 Å². The first-order chi connectivity index (χ1) is 13.3. The number of para-hydroxylation sites is 1. The normalized spacial score (nSPS) is 10.7. The van der Waals surface area contributed by atoms with Crippen molar-refractivity contribution in [2.45, 2.75) is 13.2 Å². The number of benzene rings is 2. The van der Waals surface area contributed by atoms with E-state index < -0.39 is 0 Å². The molecule has 0 unspecified atom stereocenters. The summed E-state index contributed by atoms with van der Waals surface area (Å²) in [6.45, 7) is 0.884. The van der Waals surface area contributed by atoms with Crippen LogP contribution in [-0.4, -0.2) is 10.9 Å². The van der Waals surface area contributed by atoms with Crippen LogP contribution in [0.3, 0.4) is 0 Å². The molecule has 0 spiro atoms. The lowest BCUT2D eigenvalue weighted by atomic mass is 10.2. The third-order valence-corrected chi connectivity index (χ3v) is 4.15. The number of furan rings is 1.